The Hall–Kier alpha value is -2.39. The Balaban J connectivity index is 1.60. The van der Waals surface area contributed by atoms with Gasteiger partial charge in [0.15, 0.2) is 0 Å². The van der Waals surface area contributed by atoms with Gasteiger partial charge in [-0.05, 0) is 37.1 Å². The molecule has 2 amide bonds. The fourth-order valence-corrected chi connectivity index (χ4v) is 5.85. The van der Waals surface area contributed by atoms with E-state index >= 15 is 0 Å². The number of hydrogen-bond acceptors (Lipinski definition) is 4. The number of nitrogens with one attached hydrogen (secondary N) is 2. The number of carbonyl (C=O) groups excluding carboxylic acids is 2. The van der Waals surface area contributed by atoms with E-state index in [1.54, 1.807) is 11.0 Å². The topological polar surface area (TPSA) is 103 Å². The van der Waals surface area contributed by atoms with Gasteiger partial charge in [-0.25, -0.2) is 8.42 Å². The van der Waals surface area contributed by atoms with Crippen molar-refractivity contribution < 1.29 is 18.0 Å². The lowest BCUT2D eigenvalue weighted by Gasteiger charge is -2.39. The number of hydrogen-bond donors (Lipinski definition) is 2. The highest BCUT2D eigenvalue weighted by atomic mass is 32.2. The number of sulfonamides is 1. The maximum atomic E-state index is 13.2. The molecule has 0 bridgehead atoms. The quantitative estimate of drug-likeness (QED) is 0.752. The second-order valence-corrected chi connectivity index (χ2v) is 10.1. The van der Waals surface area contributed by atoms with Crippen LogP contribution in [0.1, 0.15) is 36.0 Å². The van der Waals surface area contributed by atoms with Crippen molar-refractivity contribution in [3.8, 4) is 0 Å². The van der Waals surface area contributed by atoms with E-state index in [1.165, 1.54) is 10.6 Å². The average molecular weight is 433 g/mol. The lowest BCUT2D eigenvalue weighted by atomic mass is 9.83. The summed E-state index contributed by atoms with van der Waals surface area (Å²) in [6, 6.07) is 7.02. The highest BCUT2D eigenvalue weighted by molar-refractivity contribution is 7.88. The Morgan fingerprint density at radius 1 is 1.10 bits per heavy atom. The van der Waals surface area contributed by atoms with E-state index in [0.717, 1.165) is 23.7 Å². The number of rotatable bonds is 2. The number of nitrogens with zero attached hydrogens (tertiary/aromatic N) is 2. The Labute approximate surface area is 176 Å². The lowest BCUT2D eigenvalue weighted by molar-refractivity contribution is -0.127. The lowest BCUT2D eigenvalue weighted by Crippen LogP contribution is -2.55. The maximum Gasteiger partial charge on any atom is 0.253 e. The molecule has 2 heterocycles. The Morgan fingerprint density at radius 2 is 1.90 bits per heavy atom. The van der Waals surface area contributed by atoms with E-state index in [9.17, 15) is 18.0 Å². The summed E-state index contributed by atoms with van der Waals surface area (Å²) in [7, 11) is -3.51. The van der Waals surface area contributed by atoms with E-state index in [4.69, 9.17) is 0 Å². The molecule has 30 heavy (non-hydrogen) atoms. The van der Waals surface area contributed by atoms with Crippen LogP contribution in [0.2, 0.25) is 0 Å². The van der Waals surface area contributed by atoms with Crippen molar-refractivity contribution in [1.29, 1.82) is 0 Å². The minimum atomic E-state index is -3.51. The summed E-state index contributed by atoms with van der Waals surface area (Å²) in [4.78, 5) is 30.7. The molecular formula is C21H28N4O4S. The molecule has 1 aromatic heterocycles. The van der Waals surface area contributed by atoms with Crippen molar-refractivity contribution in [2.75, 3.05) is 32.4 Å². The van der Waals surface area contributed by atoms with Crippen LogP contribution in [0.4, 0.5) is 0 Å². The average Bonchev–Trinajstić information content (AvgIpc) is 3.19. The fourth-order valence-electron chi connectivity index (χ4n) is 4.69. The van der Waals surface area contributed by atoms with Crippen LogP contribution < -0.4 is 5.32 Å². The van der Waals surface area contributed by atoms with Gasteiger partial charge in [0.25, 0.3) is 5.91 Å². The number of aromatic amines is 1. The Kier molecular flexibility index (Phi) is 5.84. The normalized spacial score (nSPS) is 24.3. The molecule has 2 fully saturated rings. The molecule has 9 heteroatoms. The predicted octanol–water partition coefficient (Wildman–Crippen LogP) is 1.56. The van der Waals surface area contributed by atoms with Crippen LogP contribution in [0.25, 0.3) is 10.9 Å². The van der Waals surface area contributed by atoms with Gasteiger partial charge >= 0.3 is 0 Å². The van der Waals surface area contributed by atoms with Gasteiger partial charge < -0.3 is 15.2 Å². The van der Waals surface area contributed by atoms with Crippen LogP contribution in [0.5, 0.6) is 0 Å². The van der Waals surface area contributed by atoms with Gasteiger partial charge in [-0.3, -0.25) is 9.59 Å². The van der Waals surface area contributed by atoms with Crippen molar-refractivity contribution in [3.63, 3.8) is 0 Å². The Bertz CT molecular complexity index is 1050. The molecule has 2 N–H and O–H groups in total. The van der Waals surface area contributed by atoms with Gasteiger partial charge in [0.05, 0.1) is 12.2 Å². The van der Waals surface area contributed by atoms with Crippen LogP contribution in [0.15, 0.2) is 30.5 Å². The van der Waals surface area contributed by atoms with E-state index in [0.29, 0.717) is 31.5 Å². The van der Waals surface area contributed by atoms with E-state index in [1.807, 2.05) is 24.4 Å². The van der Waals surface area contributed by atoms with Crippen LogP contribution in [0.3, 0.4) is 0 Å². The minimum Gasteiger partial charge on any atom is -0.361 e. The molecule has 2 aromatic rings. The molecular weight excluding hydrogens is 404 g/mol. The monoisotopic (exact) mass is 432 g/mol. The van der Waals surface area contributed by atoms with Crippen molar-refractivity contribution >= 4 is 32.7 Å². The molecule has 2 aliphatic rings. The SMILES string of the molecule is CS(=O)(=O)N1CCN(C(=O)c2ccc3[nH]ccc3c2)CCNC(=O)[C@H]2CCCC[C@H]21. The molecule has 162 valence electrons. The predicted molar refractivity (Wildman–Crippen MR) is 115 cm³/mol. The number of H-pyrrole nitrogens is 1. The highest BCUT2D eigenvalue weighted by Crippen LogP contribution is 2.30. The second-order valence-electron chi connectivity index (χ2n) is 8.19. The highest BCUT2D eigenvalue weighted by Gasteiger charge is 2.39. The largest absolute Gasteiger partial charge is 0.361 e. The first kappa shape index (κ1) is 20.9. The number of benzene rings is 1. The minimum absolute atomic E-state index is 0.114. The van der Waals surface area contributed by atoms with Crippen molar-refractivity contribution in [2.45, 2.75) is 31.7 Å². The summed E-state index contributed by atoms with van der Waals surface area (Å²) in [6.07, 6.45) is 6.21. The van der Waals surface area contributed by atoms with E-state index in [-0.39, 0.29) is 36.9 Å². The summed E-state index contributed by atoms with van der Waals surface area (Å²) in [5.74, 6) is -0.607. The van der Waals surface area contributed by atoms with Crippen LogP contribution >= 0.6 is 0 Å². The molecule has 8 nitrogen and oxygen atoms in total. The summed E-state index contributed by atoms with van der Waals surface area (Å²) in [5.41, 5.74) is 1.50. The summed E-state index contributed by atoms with van der Waals surface area (Å²) in [5, 5.41) is 3.87. The molecule has 0 unspecified atom stereocenters. The first-order valence-electron chi connectivity index (χ1n) is 10.5. The third-order valence-corrected chi connectivity index (χ3v) is 7.53. The first-order chi connectivity index (χ1) is 14.3. The van der Waals surface area contributed by atoms with Crippen molar-refractivity contribution in [1.82, 2.24) is 19.5 Å². The number of amides is 2. The van der Waals surface area contributed by atoms with Crippen molar-refractivity contribution in [2.24, 2.45) is 5.92 Å². The molecule has 1 aliphatic heterocycles. The standard InChI is InChI=1S/C21H28N4O4S/c1-30(28,29)25-13-12-24(11-10-23-20(26)17-4-2-3-5-19(17)25)21(27)16-6-7-18-15(14-16)8-9-22-18/h6-9,14,17,19,22H,2-5,10-13H2,1H3,(H,23,26)/t17-,19+/m0/s1. The number of aromatic nitrogens is 1. The molecule has 2 atom stereocenters. The fraction of sp³-hybridized carbons (Fsp3) is 0.524. The van der Waals surface area contributed by atoms with Gasteiger partial charge in [-0.2, -0.15) is 4.31 Å². The van der Waals surface area contributed by atoms with Gasteiger partial charge in [-0.1, -0.05) is 12.8 Å². The molecule has 1 aliphatic carbocycles. The molecule has 1 saturated heterocycles. The van der Waals surface area contributed by atoms with E-state index < -0.39 is 10.0 Å². The van der Waals surface area contributed by atoms with Gasteiger partial charge in [0.1, 0.15) is 0 Å². The first-order valence-corrected chi connectivity index (χ1v) is 12.3. The van der Waals surface area contributed by atoms with Crippen LogP contribution in [-0.4, -0.2) is 72.9 Å². The third-order valence-electron chi connectivity index (χ3n) is 6.22. The zero-order chi connectivity index (χ0) is 21.3. The summed E-state index contributed by atoms with van der Waals surface area (Å²) < 4.78 is 26.6. The van der Waals surface area contributed by atoms with Gasteiger partial charge in [0.2, 0.25) is 15.9 Å². The zero-order valence-electron chi connectivity index (χ0n) is 17.1. The number of fused-ring (bicyclic) bond motifs is 2. The number of carbonyl (C=O) groups is 2. The molecule has 1 saturated carbocycles. The molecule has 0 spiro atoms. The summed E-state index contributed by atoms with van der Waals surface area (Å²) in [6.45, 7) is 1.19. The van der Waals surface area contributed by atoms with Gasteiger partial charge in [0, 0.05) is 54.9 Å². The third kappa shape index (κ3) is 4.22. The van der Waals surface area contributed by atoms with Gasteiger partial charge in [-0.15, -0.1) is 0 Å². The molecule has 1 aromatic carbocycles. The van der Waals surface area contributed by atoms with Crippen LogP contribution in [0, 0.1) is 5.92 Å². The van der Waals surface area contributed by atoms with Crippen LogP contribution in [-0.2, 0) is 14.8 Å². The van der Waals surface area contributed by atoms with Crippen molar-refractivity contribution in [3.05, 3.63) is 36.0 Å². The molecule has 0 radical (unpaired) electrons. The smallest absolute Gasteiger partial charge is 0.253 e. The molecule has 4 rings (SSSR count). The maximum absolute atomic E-state index is 13.2. The zero-order valence-corrected chi connectivity index (χ0v) is 18.0. The van der Waals surface area contributed by atoms with E-state index in [2.05, 4.69) is 10.3 Å². The second kappa shape index (κ2) is 8.39. The summed E-state index contributed by atoms with van der Waals surface area (Å²) >= 11 is 0. The Morgan fingerprint density at radius 3 is 2.70 bits per heavy atom.